The Morgan fingerprint density at radius 2 is 1.18 bits per heavy atom. The van der Waals surface area contributed by atoms with Crippen LogP contribution in [0.15, 0.2) is 83.3 Å². The highest BCUT2D eigenvalue weighted by atomic mass is 127. The van der Waals surface area contributed by atoms with Crippen LogP contribution in [0.1, 0.15) is 0 Å². The molecule has 0 aliphatic heterocycles. The number of benzene rings is 3. The van der Waals surface area contributed by atoms with Crippen LogP contribution >= 0.6 is 22.6 Å². The van der Waals surface area contributed by atoms with Crippen LogP contribution < -0.4 is 0 Å². The minimum absolute atomic E-state index is 0.935. The van der Waals surface area contributed by atoms with Crippen LogP contribution in [-0.4, -0.2) is 0 Å². The van der Waals surface area contributed by atoms with Crippen molar-refractivity contribution in [2.45, 2.75) is 0 Å². The summed E-state index contributed by atoms with van der Waals surface area (Å²) in [5.74, 6) is 1.87. The van der Waals surface area contributed by atoms with Crippen LogP contribution in [0.5, 0.6) is 0 Å². The fourth-order valence-corrected chi connectivity index (χ4v) is 3.28. The summed E-state index contributed by atoms with van der Waals surface area (Å²) in [5, 5.41) is 2.31. The largest absolute Gasteiger partial charge is 0.455 e. The normalized spacial score (nSPS) is 11.0. The first-order chi connectivity index (χ1) is 10.8. The summed E-state index contributed by atoms with van der Waals surface area (Å²) in [7, 11) is 0. The second kappa shape index (κ2) is 5.61. The molecule has 22 heavy (non-hydrogen) atoms. The van der Waals surface area contributed by atoms with Gasteiger partial charge in [0.15, 0.2) is 0 Å². The molecule has 0 saturated heterocycles. The smallest absolute Gasteiger partial charge is 0.142 e. The van der Waals surface area contributed by atoms with Crippen molar-refractivity contribution in [2.24, 2.45) is 0 Å². The summed E-state index contributed by atoms with van der Waals surface area (Å²) >= 11 is 2.33. The van der Waals surface area contributed by atoms with Gasteiger partial charge in [0.05, 0.1) is 0 Å². The molecule has 1 aromatic heterocycles. The van der Waals surface area contributed by atoms with Gasteiger partial charge < -0.3 is 4.42 Å². The fraction of sp³-hybridized carbons (Fsp3) is 0. The van der Waals surface area contributed by atoms with E-state index in [4.69, 9.17) is 4.42 Å². The second-order valence-electron chi connectivity index (χ2n) is 5.18. The van der Waals surface area contributed by atoms with Crippen molar-refractivity contribution in [3.8, 4) is 22.6 Å². The number of rotatable bonds is 2. The van der Waals surface area contributed by atoms with Crippen molar-refractivity contribution in [3.05, 3.63) is 82.4 Å². The van der Waals surface area contributed by atoms with Gasteiger partial charge in [-0.3, -0.25) is 0 Å². The number of hydrogen-bond acceptors (Lipinski definition) is 1. The van der Waals surface area contributed by atoms with Crippen LogP contribution in [0.25, 0.3) is 33.4 Å². The number of hydrogen-bond donors (Lipinski definition) is 0. The Balaban J connectivity index is 2.01. The topological polar surface area (TPSA) is 13.1 Å². The van der Waals surface area contributed by atoms with Crippen molar-refractivity contribution in [1.29, 1.82) is 0 Å². The Labute approximate surface area is 142 Å². The van der Waals surface area contributed by atoms with Crippen molar-refractivity contribution < 1.29 is 4.42 Å². The first kappa shape index (κ1) is 13.6. The van der Waals surface area contributed by atoms with E-state index >= 15 is 0 Å². The van der Waals surface area contributed by atoms with E-state index in [1.807, 2.05) is 18.2 Å². The molecule has 4 aromatic rings. The van der Waals surface area contributed by atoms with E-state index in [0.29, 0.717) is 0 Å². The molecule has 0 atom stereocenters. The lowest BCUT2D eigenvalue weighted by Gasteiger charge is -1.99. The molecular weight excluding hydrogens is 383 g/mol. The van der Waals surface area contributed by atoms with Gasteiger partial charge in [-0.2, -0.15) is 0 Å². The molecule has 1 heterocycles. The molecule has 2 heteroatoms. The number of furan rings is 1. The van der Waals surface area contributed by atoms with Gasteiger partial charge in [0.2, 0.25) is 0 Å². The third kappa shape index (κ3) is 2.33. The molecule has 0 saturated carbocycles. The Morgan fingerprint density at radius 1 is 0.591 bits per heavy atom. The maximum Gasteiger partial charge on any atom is 0.142 e. The maximum absolute atomic E-state index is 6.29. The summed E-state index contributed by atoms with van der Waals surface area (Å²) < 4.78 is 7.49. The first-order valence-corrected chi connectivity index (χ1v) is 8.24. The molecule has 0 aliphatic rings. The summed E-state index contributed by atoms with van der Waals surface area (Å²) in [6.45, 7) is 0. The minimum atomic E-state index is 0.935. The van der Waals surface area contributed by atoms with Crippen LogP contribution in [0.4, 0.5) is 0 Å². The first-order valence-electron chi connectivity index (χ1n) is 7.16. The maximum atomic E-state index is 6.29. The highest BCUT2D eigenvalue weighted by Crippen LogP contribution is 2.39. The highest BCUT2D eigenvalue weighted by molar-refractivity contribution is 14.1. The summed E-state index contributed by atoms with van der Waals surface area (Å²) in [6.07, 6.45) is 0. The summed E-state index contributed by atoms with van der Waals surface area (Å²) in [4.78, 5) is 0. The van der Waals surface area contributed by atoms with Gasteiger partial charge in [-0.1, -0.05) is 66.7 Å². The molecule has 0 spiro atoms. The van der Waals surface area contributed by atoms with E-state index in [1.165, 1.54) is 3.57 Å². The molecule has 0 aliphatic carbocycles. The van der Waals surface area contributed by atoms with Crippen molar-refractivity contribution in [2.75, 3.05) is 0 Å². The van der Waals surface area contributed by atoms with E-state index < -0.39 is 0 Å². The lowest BCUT2D eigenvalue weighted by atomic mass is 10.0. The lowest BCUT2D eigenvalue weighted by molar-refractivity contribution is 0.602. The van der Waals surface area contributed by atoms with Gasteiger partial charge in [-0.25, -0.2) is 0 Å². The Bertz CT molecular complexity index is 938. The van der Waals surface area contributed by atoms with Crippen molar-refractivity contribution in [1.82, 2.24) is 0 Å². The predicted molar refractivity (Wildman–Crippen MR) is 99.8 cm³/mol. The van der Waals surface area contributed by atoms with Gasteiger partial charge >= 0.3 is 0 Å². The van der Waals surface area contributed by atoms with Gasteiger partial charge in [-0.05, 0) is 34.7 Å². The zero-order valence-corrected chi connectivity index (χ0v) is 13.9. The highest BCUT2D eigenvalue weighted by Gasteiger charge is 2.15. The van der Waals surface area contributed by atoms with Crippen LogP contribution in [-0.2, 0) is 0 Å². The zero-order valence-electron chi connectivity index (χ0n) is 11.8. The quantitative estimate of drug-likeness (QED) is 0.359. The molecule has 0 bridgehead atoms. The van der Waals surface area contributed by atoms with E-state index in [9.17, 15) is 0 Å². The molecule has 3 aromatic carbocycles. The third-order valence-corrected chi connectivity index (χ3v) is 4.41. The lowest BCUT2D eigenvalue weighted by Crippen LogP contribution is -1.76. The Kier molecular flexibility index (Phi) is 3.47. The molecule has 0 radical (unpaired) electrons. The van der Waals surface area contributed by atoms with Crippen molar-refractivity contribution in [3.63, 3.8) is 0 Å². The molecule has 0 fully saturated rings. The van der Waals surface area contributed by atoms with Gasteiger partial charge in [-0.15, -0.1) is 0 Å². The van der Waals surface area contributed by atoms with E-state index in [2.05, 4.69) is 83.3 Å². The van der Waals surface area contributed by atoms with Crippen molar-refractivity contribution >= 4 is 33.4 Å². The summed E-state index contributed by atoms with van der Waals surface area (Å²) in [6, 6.07) is 27.1. The van der Waals surface area contributed by atoms with E-state index in [1.54, 1.807) is 0 Å². The second-order valence-corrected chi connectivity index (χ2v) is 6.43. The monoisotopic (exact) mass is 396 g/mol. The van der Waals surface area contributed by atoms with Gasteiger partial charge in [0.25, 0.3) is 0 Å². The van der Waals surface area contributed by atoms with Crippen LogP contribution in [0, 0.1) is 3.57 Å². The Morgan fingerprint density at radius 3 is 1.86 bits per heavy atom. The SMILES string of the molecule is Ic1cccc(-c2oc(-c3ccccc3)c3ccccc23)c1. The molecule has 1 nitrogen and oxygen atoms in total. The molecule has 0 amide bonds. The van der Waals surface area contributed by atoms with Crippen LogP contribution in [0.2, 0.25) is 0 Å². The summed E-state index contributed by atoms with van der Waals surface area (Å²) in [5.41, 5.74) is 2.22. The van der Waals surface area contributed by atoms with E-state index in [0.717, 1.165) is 33.4 Å². The third-order valence-electron chi connectivity index (χ3n) is 3.74. The minimum Gasteiger partial charge on any atom is -0.455 e. The average Bonchev–Trinajstić information content (AvgIpc) is 2.95. The molecule has 4 rings (SSSR count). The predicted octanol–water partition coefficient (Wildman–Crippen LogP) is 6.37. The number of halogens is 1. The van der Waals surface area contributed by atoms with Gasteiger partial charge in [0, 0.05) is 25.5 Å². The molecule has 0 unspecified atom stereocenters. The fourth-order valence-electron chi connectivity index (χ4n) is 2.74. The Hall–Kier alpha value is -2.07. The van der Waals surface area contributed by atoms with E-state index in [-0.39, 0.29) is 0 Å². The standard InChI is InChI=1S/C20H13IO/c21-16-10-6-9-15(13-16)20-18-12-5-4-11-17(18)19(22-20)14-7-2-1-3-8-14/h1-13H. The van der Waals surface area contributed by atoms with Gasteiger partial charge in [0.1, 0.15) is 11.5 Å². The molecular formula is C20H13IO. The zero-order chi connectivity index (χ0) is 14.9. The number of fused-ring (bicyclic) bond motifs is 1. The van der Waals surface area contributed by atoms with Crippen LogP contribution in [0.3, 0.4) is 0 Å². The molecule has 106 valence electrons. The average molecular weight is 396 g/mol. The molecule has 0 N–H and O–H groups in total.